The summed E-state index contributed by atoms with van der Waals surface area (Å²) in [6, 6.07) is 74.8. The average molecular weight is 798 g/mol. The van der Waals surface area contributed by atoms with Gasteiger partial charge in [-0.2, -0.15) is 0 Å². The van der Waals surface area contributed by atoms with Crippen molar-refractivity contribution in [2.45, 2.75) is 0 Å². The molecule has 12 aromatic rings. The fraction of sp³-hybridized carbons (Fsp3) is 0. The predicted molar refractivity (Wildman–Crippen MR) is 256 cm³/mol. The third-order valence-corrected chi connectivity index (χ3v) is 12.9. The number of hydrogen-bond acceptors (Lipinski definition) is 5. The molecule has 3 aromatic heterocycles. The SMILES string of the molecule is c1ccc(-c2cc(-c3ccccc3)nc(-c3cccc4oc5cc(N(c6ccccc6)c6ccc(-c7cccc8c7sc7ccccc78)cc6)c6ccccc6c5c34)n2)cc1. The smallest absolute Gasteiger partial charge is 0.161 e. The van der Waals surface area contributed by atoms with Gasteiger partial charge in [0.1, 0.15) is 11.2 Å². The van der Waals surface area contributed by atoms with Crippen LogP contribution in [0.4, 0.5) is 17.1 Å². The van der Waals surface area contributed by atoms with E-state index in [1.54, 1.807) is 0 Å². The normalized spacial score (nSPS) is 11.6. The molecule has 0 aliphatic rings. The van der Waals surface area contributed by atoms with Crippen LogP contribution in [0, 0.1) is 0 Å². The van der Waals surface area contributed by atoms with Crippen LogP contribution in [0.15, 0.2) is 217 Å². The van der Waals surface area contributed by atoms with Gasteiger partial charge in [-0.3, -0.25) is 0 Å². The monoisotopic (exact) mass is 797 g/mol. The lowest BCUT2D eigenvalue weighted by molar-refractivity contribution is 0.669. The summed E-state index contributed by atoms with van der Waals surface area (Å²) in [6.07, 6.45) is 0. The molecule has 0 unspecified atom stereocenters. The van der Waals surface area contributed by atoms with Gasteiger partial charge in [-0.05, 0) is 59.0 Å². The third kappa shape index (κ3) is 5.97. The molecule has 9 aromatic carbocycles. The Bertz CT molecular complexity index is 3520. The van der Waals surface area contributed by atoms with Gasteiger partial charge in [0.05, 0.1) is 17.1 Å². The summed E-state index contributed by atoms with van der Waals surface area (Å²) < 4.78 is 9.49. The van der Waals surface area contributed by atoms with E-state index in [4.69, 9.17) is 14.4 Å². The molecule has 0 aliphatic carbocycles. The molecule has 0 aliphatic heterocycles. The van der Waals surface area contributed by atoms with Crippen LogP contribution >= 0.6 is 11.3 Å². The number of nitrogens with zero attached hydrogens (tertiary/aromatic N) is 3. The summed E-state index contributed by atoms with van der Waals surface area (Å²) in [7, 11) is 0. The van der Waals surface area contributed by atoms with Crippen molar-refractivity contribution in [3.8, 4) is 45.0 Å². The van der Waals surface area contributed by atoms with Crippen molar-refractivity contribution in [1.82, 2.24) is 9.97 Å². The lowest BCUT2D eigenvalue weighted by Gasteiger charge is -2.27. The number of aromatic nitrogens is 2. The number of hydrogen-bond donors (Lipinski definition) is 0. The molecule has 61 heavy (non-hydrogen) atoms. The van der Waals surface area contributed by atoms with Crippen molar-refractivity contribution in [1.29, 1.82) is 0 Å². The van der Waals surface area contributed by atoms with E-state index in [9.17, 15) is 0 Å². The van der Waals surface area contributed by atoms with Crippen molar-refractivity contribution in [3.05, 3.63) is 212 Å². The van der Waals surface area contributed by atoms with Crippen LogP contribution in [0.3, 0.4) is 0 Å². The van der Waals surface area contributed by atoms with E-state index in [1.165, 1.54) is 31.3 Å². The second-order valence-corrected chi connectivity index (χ2v) is 16.3. The molecule has 5 heteroatoms. The van der Waals surface area contributed by atoms with Gasteiger partial charge in [0, 0.05) is 70.5 Å². The summed E-state index contributed by atoms with van der Waals surface area (Å²) in [5, 5.41) is 6.85. The highest BCUT2D eigenvalue weighted by atomic mass is 32.1. The van der Waals surface area contributed by atoms with Gasteiger partial charge in [-0.25, -0.2) is 9.97 Å². The molecule has 0 atom stereocenters. The van der Waals surface area contributed by atoms with Gasteiger partial charge < -0.3 is 9.32 Å². The van der Waals surface area contributed by atoms with Crippen molar-refractivity contribution < 1.29 is 4.42 Å². The zero-order valence-corrected chi connectivity index (χ0v) is 33.7. The van der Waals surface area contributed by atoms with Crippen LogP contribution in [-0.4, -0.2) is 9.97 Å². The molecule has 0 fully saturated rings. The molecule has 0 spiro atoms. The number of fused-ring (bicyclic) bond motifs is 8. The second kappa shape index (κ2) is 14.5. The van der Waals surface area contributed by atoms with E-state index in [-0.39, 0.29) is 0 Å². The topological polar surface area (TPSA) is 42.2 Å². The molecular weight excluding hydrogens is 763 g/mol. The van der Waals surface area contributed by atoms with E-state index in [2.05, 4.69) is 175 Å². The zero-order valence-electron chi connectivity index (χ0n) is 32.9. The minimum absolute atomic E-state index is 0.652. The van der Waals surface area contributed by atoms with Gasteiger partial charge in [-0.15, -0.1) is 11.3 Å². The summed E-state index contributed by atoms with van der Waals surface area (Å²) in [5.41, 5.74) is 11.9. The summed E-state index contributed by atoms with van der Waals surface area (Å²) in [4.78, 5) is 12.8. The summed E-state index contributed by atoms with van der Waals surface area (Å²) in [5.74, 6) is 0.652. The first kappa shape index (κ1) is 35.1. The first-order valence-electron chi connectivity index (χ1n) is 20.5. The van der Waals surface area contributed by atoms with Crippen molar-refractivity contribution in [2.24, 2.45) is 0 Å². The first-order valence-corrected chi connectivity index (χ1v) is 21.3. The molecule has 0 saturated heterocycles. The molecule has 286 valence electrons. The maximum atomic E-state index is 6.88. The molecule has 0 bridgehead atoms. The van der Waals surface area contributed by atoms with Gasteiger partial charge in [0.25, 0.3) is 0 Å². The first-order chi connectivity index (χ1) is 30.2. The molecule has 0 amide bonds. The van der Waals surface area contributed by atoms with Crippen LogP contribution in [0.5, 0.6) is 0 Å². The van der Waals surface area contributed by atoms with E-state index >= 15 is 0 Å². The molecular formula is C56H35N3OS. The number of furan rings is 1. The third-order valence-electron chi connectivity index (χ3n) is 11.7. The maximum Gasteiger partial charge on any atom is 0.161 e. The van der Waals surface area contributed by atoms with E-state index in [0.29, 0.717) is 5.82 Å². The van der Waals surface area contributed by atoms with E-state index < -0.39 is 0 Å². The van der Waals surface area contributed by atoms with Crippen molar-refractivity contribution in [3.63, 3.8) is 0 Å². The molecule has 3 heterocycles. The Labute approximate surface area is 356 Å². The Balaban J connectivity index is 1.04. The average Bonchev–Trinajstić information content (AvgIpc) is 3.92. The van der Waals surface area contributed by atoms with E-state index in [1.807, 2.05) is 53.8 Å². The number of benzene rings is 9. The molecule has 0 N–H and O–H groups in total. The number of para-hydroxylation sites is 1. The molecule has 0 saturated carbocycles. The summed E-state index contributed by atoms with van der Waals surface area (Å²) in [6.45, 7) is 0. The zero-order chi connectivity index (χ0) is 40.3. The van der Waals surface area contributed by atoms with Crippen LogP contribution in [0.25, 0.3) is 97.9 Å². The van der Waals surface area contributed by atoms with Gasteiger partial charge in [-0.1, -0.05) is 164 Å². The fourth-order valence-electron chi connectivity index (χ4n) is 8.88. The Morgan fingerprint density at radius 2 is 0.967 bits per heavy atom. The fourth-order valence-corrected chi connectivity index (χ4v) is 10.1. The number of thiophene rings is 1. The van der Waals surface area contributed by atoms with Crippen molar-refractivity contribution >= 4 is 81.3 Å². The highest BCUT2D eigenvalue weighted by Crippen LogP contribution is 2.47. The predicted octanol–water partition coefficient (Wildman–Crippen LogP) is 16.0. The van der Waals surface area contributed by atoms with Crippen LogP contribution in [0.2, 0.25) is 0 Å². The number of anilines is 3. The van der Waals surface area contributed by atoms with Crippen molar-refractivity contribution in [2.75, 3.05) is 4.90 Å². The van der Waals surface area contributed by atoms with Gasteiger partial charge >= 0.3 is 0 Å². The quantitative estimate of drug-likeness (QED) is 0.161. The lowest BCUT2D eigenvalue weighted by Crippen LogP contribution is -2.10. The molecule has 12 rings (SSSR count). The largest absolute Gasteiger partial charge is 0.456 e. The van der Waals surface area contributed by atoms with Crippen LogP contribution in [0.1, 0.15) is 0 Å². The van der Waals surface area contributed by atoms with E-state index in [0.717, 1.165) is 77.9 Å². The molecule has 4 nitrogen and oxygen atoms in total. The number of rotatable bonds is 7. The highest BCUT2D eigenvalue weighted by molar-refractivity contribution is 7.26. The maximum absolute atomic E-state index is 6.88. The Morgan fingerprint density at radius 3 is 1.69 bits per heavy atom. The standard InChI is InChI=1S/C56H35N3OS/c1-4-16-37(17-5-1)47-34-48(38-18-6-2-7-19-38)58-56(57-47)46-27-15-28-50-54(46)53-44-24-11-10-22-42(44)49(35-51(53)60-50)59(39-20-8-3-9-21-39)40-32-30-36(31-33-40)41-25-14-26-45-43-23-12-13-29-52(43)61-55(41)45/h1-35H. The molecule has 0 radical (unpaired) electrons. The van der Waals surface area contributed by atoms with Gasteiger partial charge in [0.15, 0.2) is 5.82 Å². The minimum Gasteiger partial charge on any atom is -0.456 e. The lowest BCUT2D eigenvalue weighted by atomic mass is 9.97. The summed E-state index contributed by atoms with van der Waals surface area (Å²) >= 11 is 1.86. The van der Waals surface area contributed by atoms with Crippen LogP contribution < -0.4 is 4.90 Å². The Morgan fingerprint density at radius 1 is 0.393 bits per heavy atom. The van der Waals surface area contributed by atoms with Crippen LogP contribution in [-0.2, 0) is 0 Å². The van der Waals surface area contributed by atoms with Gasteiger partial charge in [0.2, 0.25) is 0 Å². The Kier molecular flexibility index (Phi) is 8.32. The minimum atomic E-state index is 0.652. The second-order valence-electron chi connectivity index (χ2n) is 15.3. The Hall–Kier alpha value is -7.86. The highest BCUT2D eigenvalue weighted by Gasteiger charge is 2.23.